The molecule has 1 aromatic carbocycles. The number of phenols is 1. The summed E-state index contributed by atoms with van der Waals surface area (Å²) >= 11 is 0.885. The molecule has 18 heavy (non-hydrogen) atoms. The summed E-state index contributed by atoms with van der Waals surface area (Å²) < 4.78 is 0. The van der Waals surface area contributed by atoms with Crippen molar-refractivity contribution in [2.24, 2.45) is 0 Å². The van der Waals surface area contributed by atoms with Gasteiger partial charge in [0, 0.05) is 5.56 Å². The Labute approximate surface area is 108 Å². The maximum atomic E-state index is 11.9. The molecule has 1 aliphatic rings. The lowest BCUT2D eigenvalue weighted by Gasteiger charge is -2.08. The van der Waals surface area contributed by atoms with Gasteiger partial charge in [0.05, 0.1) is 18.0 Å². The third kappa shape index (κ3) is 2.39. The molecule has 94 valence electrons. The van der Waals surface area contributed by atoms with Crippen molar-refractivity contribution in [3.8, 4) is 5.75 Å². The molecule has 1 heterocycles. The molecule has 1 aliphatic heterocycles. The topological polar surface area (TPSA) is 85.2 Å². The number of carbonyl (C=O) groups is 2. The maximum Gasteiger partial charge on any atom is 0.293 e. The summed E-state index contributed by atoms with van der Waals surface area (Å²) in [6, 6.07) is 6.67. The van der Waals surface area contributed by atoms with E-state index in [0.717, 1.165) is 11.8 Å². The molecule has 0 radical (unpaired) electrons. The van der Waals surface area contributed by atoms with Crippen molar-refractivity contribution in [2.45, 2.75) is 0 Å². The lowest BCUT2D eigenvalue weighted by molar-refractivity contribution is -0.367. The summed E-state index contributed by atoms with van der Waals surface area (Å²) in [6.45, 7) is 0.810. The van der Waals surface area contributed by atoms with E-state index in [2.05, 4.69) is 5.73 Å². The summed E-state index contributed by atoms with van der Waals surface area (Å²) in [7, 11) is 0. The number of hydrogen-bond acceptors (Lipinski definition) is 4. The Balaban J connectivity index is 2.28. The van der Waals surface area contributed by atoms with Gasteiger partial charge >= 0.3 is 0 Å². The van der Waals surface area contributed by atoms with Crippen molar-refractivity contribution >= 4 is 29.0 Å². The second kappa shape index (κ2) is 5.24. The van der Waals surface area contributed by atoms with Crippen LogP contribution in [0.25, 0.3) is 6.08 Å². The van der Waals surface area contributed by atoms with Crippen LogP contribution < -0.4 is 5.73 Å². The molecule has 0 saturated carbocycles. The molecule has 1 saturated heterocycles. The third-order valence-electron chi connectivity index (χ3n) is 2.48. The molecule has 2 amide bonds. The van der Waals surface area contributed by atoms with Crippen molar-refractivity contribution < 1.29 is 20.4 Å². The first kappa shape index (κ1) is 12.7. The Bertz CT molecular complexity index is 528. The zero-order valence-electron chi connectivity index (χ0n) is 9.63. The minimum atomic E-state index is -0.322. The number of hydrogen-bond donors (Lipinski definition) is 2. The molecule has 0 spiro atoms. The van der Waals surface area contributed by atoms with Gasteiger partial charge in [0.1, 0.15) is 5.75 Å². The van der Waals surface area contributed by atoms with Crippen LogP contribution >= 0.6 is 11.8 Å². The number of amides is 2. The number of quaternary nitrogens is 1. The van der Waals surface area contributed by atoms with Gasteiger partial charge in [-0.05, 0) is 23.9 Å². The standard InChI is InChI=1S/C12H12N2O3S/c13-5-6-14-11(16)10(18-12(14)17)7-8-3-1-2-4-9(8)15/h1-4,7,15H,5-6,13H2/p+1/b10-7-. The van der Waals surface area contributed by atoms with Crippen LogP contribution in [0.5, 0.6) is 5.75 Å². The van der Waals surface area contributed by atoms with E-state index in [4.69, 9.17) is 0 Å². The molecule has 2 rings (SSSR count). The molecule has 1 aromatic rings. The van der Waals surface area contributed by atoms with Gasteiger partial charge in [0.25, 0.3) is 11.1 Å². The third-order valence-corrected chi connectivity index (χ3v) is 3.39. The van der Waals surface area contributed by atoms with Gasteiger partial charge in [-0.25, -0.2) is 0 Å². The van der Waals surface area contributed by atoms with E-state index < -0.39 is 0 Å². The monoisotopic (exact) mass is 265 g/mol. The van der Waals surface area contributed by atoms with Gasteiger partial charge in [-0.3, -0.25) is 14.5 Å². The number of phenolic OH excluding ortho intramolecular Hbond substituents is 1. The summed E-state index contributed by atoms with van der Waals surface area (Å²) in [5.41, 5.74) is 4.15. The number of thioether (sulfide) groups is 1. The van der Waals surface area contributed by atoms with Crippen LogP contribution in [0.15, 0.2) is 29.2 Å². The molecule has 6 heteroatoms. The molecule has 1 fully saturated rings. The van der Waals surface area contributed by atoms with Crippen molar-refractivity contribution in [1.29, 1.82) is 0 Å². The van der Waals surface area contributed by atoms with Crippen LogP contribution in [-0.2, 0) is 4.79 Å². The van der Waals surface area contributed by atoms with Crippen LogP contribution in [0.2, 0.25) is 0 Å². The van der Waals surface area contributed by atoms with Crippen LogP contribution in [0, 0.1) is 0 Å². The fourth-order valence-electron chi connectivity index (χ4n) is 1.60. The van der Waals surface area contributed by atoms with E-state index in [0.29, 0.717) is 23.6 Å². The SMILES string of the molecule is [NH3+]CCN1C(=O)S/C(=C\c2ccccc2O)C1=O. The molecule has 0 aromatic heterocycles. The van der Waals surface area contributed by atoms with Gasteiger partial charge in [-0.15, -0.1) is 0 Å². The van der Waals surface area contributed by atoms with Crippen LogP contribution in [0.3, 0.4) is 0 Å². The number of carbonyl (C=O) groups excluding carboxylic acids is 2. The minimum Gasteiger partial charge on any atom is -0.507 e. The van der Waals surface area contributed by atoms with E-state index >= 15 is 0 Å². The number of imide groups is 1. The normalized spacial score (nSPS) is 17.8. The van der Waals surface area contributed by atoms with Crippen molar-refractivity contribution in [2.75, 3.05) is 13.1 Å². The number of benzene rings is 1. The maximum absolute atomic E-state index is 11.9. The number of para-hydroxylation sites is 1. The highest BCUT2D eigenvalue weighted by atomic mass is 32.2. The van der Waals surface area contributed by atoms with Gasteiger partial charge in [0.2, 0.25) is 0 Å². The van der Waals surface area contributed by atoms with E-state index in [-0.39, 0.29) is 16.9 Å². The lowest BCUT2D eigenvalue weighted by Crippen LogP contribution is -2.55. The lowest BCUT2D eigenvalue weighted by atomic mass is 10.2. The molecule has 0 unspecified atom stereocenters. The number of rotatable bonds is 3. The van der Waals surface area contributed by atoms with Gasteiger partial charge in [0.15, 0.2) is 0 Å². The van der Waals surface area contributed by atoms with Crippen LogP contribution in [0.4, 0.5) is 4.79 Å². The molecular formula is C12H13N2O3S+. The average molecular weight is 265 g/mol. The highest BCUT2D eigenvalue weighted by Gasteiger charge is 2.34. The fraction of sp³-hybridized carbons (Fsp3) is 0.167. The Morgan fingerprint density at radius 1 is 1.33 bits per heavy atom. The summed E-state index contributed by atoms with van der Waals surface area (Å²) in [5.74, 6) is -0.238. The van der Waals surface area contributed by atoms with E-state index in [1.54, 1.807) is 18.2 Å². The summed E-state index contributed by atoms with van der Waals surface area (Å²) in [4.78, 5) is 25.0. The first-order valence-electron chi connectivity index (χ1n) is 5.46. The predicted molar refractivity (Wildman–Crippen MR) is 68.5 cm³/mol. The first-order valence-corrected chi connectivity index (χ1v) is 6.27. The molecule has 0 bridgehead atoms. The van der Waals surface area contributed by atoms with Crippen molar-refractivity contribution in [3.63, 3.8) is 0 Å². The van der Waals surface area contributed by atoms with E-state index in [1.165, 1.54) is 17.0 Å². The van der Waals surface area contributed by atoms with Crippen molar-refractivity contribution in [1.82, 2.24) is 4.90 Å². The van der Waals surface area contributed by atoms with Crippen LogP contribution in [0.1, 0.15) is 5.56 Å². The van der Waals surface area contributed by atoms with Crippen LogP contribution in [-0.4, -0.2) is 34.2 Å². The molecular weight excluding hydrogens is 252 g/mol. The highest BCUT2D eigenvalue weighted by Crippen LogP contribution is 2.33. The Hall–Kier alpha value is -1.79. The zero-order chi connectivity index (χ0) is 13.1. The van der Waals surface area contributed by atoms with Gasteiger partial charge in [-0.2, -0.15) is 0 Å². The molecule has 5 nitrogen and oxygen atoms in total. The van der Waals surface area contributed by atoms with E-state index in [1.807, 2.05) is 0 Å². The zero-order valence-corrected chi connectivity index (χ0v) is 10.4. The van der Waals surface area contributed by atoms with Gasteiger partial charge in [-0.1, -0.05) is 18.2 Å². The highest BCUT2D eigenvalue weighted by molar-refractivity contribution is 8.18. The summed E-state index contributed by atoms with van der Waals surface area (Å²) in [6.07, 6.45) is 1.53. The molecule has 0 atom stereocenters. The van der Waals surface area contributed by atoms with Gasteiger partial charge < -0.3 is 10.8 Å². The van der Waals surface area contributed by atoms with E-state index in [9.17, 15) is 14.7 Å². The average Bonchev–Trinajstić information content (AvgIpc) is 2.60. The summed E-state index contributed by atoms with van der Waals surface area (Å²) in [5, 5.41) is 9.33. The quantitative estimate of drug-likeness (QED) is 0.787. The largest absolute Gasteiger partial charge is 0.507 e. The fourth-order valence-corrected chi connectivity index (χ4v) is 2.46. The molecule has 0 aliphatic carbocycles. The Morgan fingerprint density at radius 3 is 2.72 bits per heavy atom. The molecule has 4 N–H and O–H groups in total. The number of nitrogens with zero attached hydrogens (tertiary/aromatic N) is 1. The Kier molecular flexibility index (Phi) is 3.69. The second-order valence-electron chi connectivity index (χ2n) is 3.75. The number of aromatic hydroxyl groups is 1. The smallest absolute Gasteiger partial charge is 0.293 e. The predicted octanol–water partition coefficient (Wildman–Crippen LogP) is 0.670. The first-order chi connectivity index (χ1) is 8.63. The minimum absolute atomic E-state index is 0.0847. The Morgan fingerprint density at radius 2 is 2.06 bits per heavy atom. The van der Waals surface area contributed by atoms with Crippen molar-refractivity contribution in [3.05, 3.63) is 34.7 Å². The second-order valence-corrected chi connectivity index (χ2v) is 4.74.